The van der Waals surface area contributed by atoms with Gasteiger partial charge in [-0.25, -0.2) is 0 Å². The first-order valence-corrected chi connectivity index (χ1v) is 12.6. The highest BCUT2D eigenvalue weighted by molar-refractivity contribution is 9.10. The molecule has 0 N–H and O–H groups in total. The summed E-state index contributed by atoms with van der Waals surface area (Å²) in [6.07, 6.45) is 3.19. The van der Waals surface area contributed by atoms with Crippen molar-refractivity contribution >= 4 is 33.9 Å². The number of esters is 2. The number of rotatable bonds is 7. The normalized spacial score (nSPS) is 22.9. The molecule has 3 aromatic carbocycles. The molecule has 0 heterocycles. The molecule has 35 heavy (non-hydrogen) atoms. The molecule has 2 aliphatic rings. The quantitative estimate of drug-likeness (QED) is 0.251. The van der Waals surface area contributed by atoms with Gasteiger partial charge in [0.1, 0.15) is 13.2 Å². The highest BCUT2D eigenvalue weighted by atomic mass is 79.9. The lowest BCUT2D eigenvalue weighted by molar-refractivity contribution is -0.175. The maximum absolute atomic E-state index is 13.7. The Hall–Kier alpha value is -3.18. The van der Waals surface area contributed by atoms with Crippen LogP contribution in [-0.4, -0.2) is 11.9 Å². The van der Waals surface area contributed by atoms with Gasteiger partial charge in [-0.3, -0.25) is 9.59 Å². The van der Waals surface area contributed by atoms with Crippen LogP contribution in [0.1, 0.15) is 36.5 Å². The maximum Gasteiger partial charge on any atom is 0.324 e. The molecule has 0 saturated heterocycles. The lowest BCUT2D eigenvalue weighted by Crippen LogP contribution is -2.42. The molecule has 3 aromatic rings. The van der Waals surface area contributed by atoms with E-state index in [1.54, 1.807) is 0 Å². The third kappa shape index (κ3) is 4.57. The van der Waals surface area contributed by atoms with Crippen LogP contribution in [0, 0.1) is 16.7 Å². The fourth-order valence-corrected chi connectivity index (χ4v) is 5.52. The second kappa shape index (κ2) is 9.46. The summed E-state index contributed by atoms with van der Waals surface area (Å²) < 4.78 is 12.5. The van der Waals surface area contributed by atoms with E-state index in [0.29, 0.717) is 6.42 Å². The van der Waals surface area contributed by atoms with Crippen LogP contribution in [0.2, 0.25) is 0 Å². The van der Waals surface area contributed by atoms with E-state index in [-0.39, 0.29) is 24.5 Å². The largest absolute Gasteiger partial charge is 0.460 e. The summed E-state index contributed by atoms with van der Waals surface area (Å²) >= 11 is 3.47. The molecule has 4 nitrogen and oxygen atoms in total. The molecule has 0 radical (unpaired) electrons. The summed E-state index contributed by atoms with van der Waals surface area (Å²) in [6.45, 7) is 2.39. The molecule has 0 aliphatic heterocycles. The molecule has 0 unspecified atom stereocenters. The maximum atomic E-state index is 13.7. The molecule has 5 rings (SSSR count). The number of allylic oxidation sites excluding steroid dienone is 1. The van der Waals surface area contributed by atoms with Crippen molar-refractivity contribution in [1.29, 1.82) is 0 Å². The van der Waals surface area contributed by atoms with Crippen molar-refractivity contribution < 1.29 is 19.1 Å². The van der Waals surface area contributed by atoms with Crippen molar-refractivity contribution in [3.8, 4) is 0 Å². The van der Waals surface area contributed by atoms with E-state index >= 15 is 0 Å². The van der Waals surface area contributed by atoms with Gasteiger partial charge < -0.3 is 9.47 Å². The highest BCUT2D eigenvalue weighted by Gasteiger charge is 2.75. The zero-order valence-corrected chi connectivity index (χ0v) is 21.2. The van der Waals surface area contributed by atoms with E-state index in [0.717, 1.165) is 33.2 Å². The minimum absolute atomic E-state index is 0.128. The number of ether oxygens (including phenoxy) is 2. The Bertz CT molecular complexity index is 1200. The zero-order chi connectivity index (χ0) is 24.5. The standard InChI is InChI=1S/C30H27BrO4/c1-29-18-26(29)30(27(32)34-19-22-8-4-2-5-9-22,28(33)35-20-23-10-6-3-7-11-23)17-24(29)16-21-12-14-25(31)15-13-21/h2-16,26H,17-20H2,1H3/b24-16+/t26-,29-/m0/s1. The molecule has 2 saturated carbocycles. The first-order valence-electron chi connectivity index (χ1n) is 11.8. The number of carbonyl (C=O) groups is 2. The number of benzene rings is 3. The van der Waals surface area contributed by atoms with E-state index in [2.05, 4.69) is 28.9 Å². The van der Waals surface area contributed by atoms with E-state index < -0.39 is 17.4 Å². The Morgan fingerprint density at radius 1 is 0.857 bits per heavy atom. The Morgan fingerprint density at radius 2 is 1.37 bits per heavy atom. The van der Waals surface area contributed by atoms with Crippen molar-refractivity contribution in [2.24, 2.45) is 16.7 Å². The van der Waals surface area contributed by atoms with Crippen molar-refractivity contribution in [3.63, 3.8) is 0 Å². The average Bonchev–Trinajstić information content (AvgIpc) is 3.52. The van der Waals surface area contributed by atoms with Crippen LogP contribution < -0.4 is 0 Å². The Kier molecular flexibility index (Phi) is 6.37. The molecule has 0 aromatic heterocycles. The topological polar surface area (TPSA) is 52.6 Å². The van der Waals surface area contributed by atoms with E-state index in [4.69, 9.17) is 9.47 Å². The third-order valence-corrected chi connectivity index (χ3v) is 7.93. The average molecular weight is 531 g/mol. The Labute approximate surface area is 214 Å². The molecule has 0 amide bonds. The van der Waals surface area contributed by atoms with Gasteiger partial charge in [-0.2, -0.15) is 0 Å². The second-order valence-electron chi connectivity index (χ2n) is 9.67. The Morgan fingerprint density at radius 3 is 1.89 bits per heavy atom. The second-order valence-corrected chi connectivity index (χ2v) is 10.6. The number of hydrogen-bond donors (Lipinski definition) is 0. The highest BCUT2D eigenvalue weighted by Crippen LogP contribution is 2.74. The lowest BCUT2D eigenvalue weighted by Gasteiger charge is -2.27. The van der Waals surface area contributed by atoms with E-state index in [9.17, 15) is 9.59 Å². The van der Waals surface area contributed by atoms with Crippen LogP contribution in [0.5, 0.6) is 0 Å². The first-order chi connectivity index (χ1) is 16.9. The van der Waals surface area contributed by atoms with E-state index in [1.165, 1.54) is 0 Å². The van der Waals surface area contributed by atoms with Crippen LogP contribution in [-0.2, 0) is 32.3 Å². The molecule has 178 valence electrons. The lowest BCUT2D eigenvalue weighted by atomic mass is 9.81. The predicted molar refractivity (Wildman–Crippen MR) is 138 cm³/mol. The number of carbonyl (C=O) groups excluding carboxylic acids is 2. The SMILES string of the molecule is C[C@@]12C[C@@H]1C(C(=O)OCc1ccccc1)(C(=O)OCc1ccccc1)C/C2=C\c1ccc(Br)cc1. The van der Waals surface area contributed by atoms with Gasteiger partial charge in [0.15, 0.2) is 5.41 Å². The van der Waals surface area contributed by atoms with Crippen LogP contribution in [0.25, 0.3) is 6.08 Å². The molecule has 0 spiro atoms. The number of hydrogen-bond acceptors (Lipinski definition) is 4. The molecule has 0 bridgehead atoms. The third-order valence-electron chi connectivity index (χ3n) is 7.40. The fourth-order valence-electron chi connectivity index (χ4n) is 5.26. The van der Waals surface area contributed by atoms with Gasteiger partial charge in [0, 0.05) is 4.47 Å². The minimum Gasteiger partial charge on any atom is -0.460 e. The first kappa shape index (κ1) is 23.6. The van der Waals surface area contributed by atoms with Gasteiger partial charge in [-0.05, 0) is 53.0 Å². The zero-order valence-electron chi connectivity index (χ0n) is 19.6. The summed E-state index contributed by atoms with van der Waals surface area (Å²) in [7, 11) is 0. The van der Waals surface area contributed by atoms with Crippen LogP contribution in [0.15, 0.2) is 95.0 Å². The van der Waals surface area contributed by atoms with Crippen molar-refractivity contribution in [3.05, 3.63) is 112 Å². The molecular weight excluding hydrogens is 504 g/mol. The van der Waals surface area contributed by atoms with Crippen molar-refractivity contribution in [2.75, 3.05) is 0 Å². The number of fused-ring (bicyclic) bond motifs is 1. The predicted octanol–water partition coefficient (Wildman–Crippen LogP) is 6.74. The van der Waals surface area contributed by atoms with Gasteiger partial charge in [-0.15, -0.1) is 0 Å². The van der Waals surface area contributed by atoms with Crippen molar-refractivity contribution in [1.82, 2.24) is 0 Å². The monoisotopic (exact) mass is 530 g/mol. The molecular formula is C30H27BrO4. The minimum atomic E-state index is -1.33. The van der Waals surface area contributed by atoms with Gasteiger partial charge >= 0.3 is 11.9 Å². The van der Waals surface area contributed by atoms with Gasteiger partial charge in [0.05, 0.1) is 0 Å². The summed E-state index contributed by atoms with van der Waals surface area (Å²) in [5.41, 5.74) is 2.36. The summed E-state index contributed by atoms with van der Waals surface area (Å²) in [5, 5.41) is 0. The fraction of sp³-hybridized carbons (Fsp3) is 0.267. The number of halogens is 1. The molecule has 2 aliphatic carbocycles. The summed E-state index contributed by atoms with van der Waals surface area (Å²) in [5.74, 6) is -1.12. The van der Waals surface area contributed by atoms with Gasteiger partial charge in [0.2, 0.25) is 0 Å². The summed E-state index contributed by atoms with van der Waals surface area (Å²) in [4.78, 5) is 27.3. The summed E-state index contributed by atoms with van der Waals surface area (Å²) in [6, 6.07) is 27.1. The van der Waals surface area contributed by atoms with Crippen LogP contribution in [0.4, 0.5) is 0 Å². The smallest absolute Gasteiger partial charge is 0.324 e. The van der Waals surface area contributed by atoms with E-state index in [1.807, 2.05) is 84.9 Å². The molecule has 2 fully saturated rings. The molecule has 2 atom stereocenters. The van der Waals surface area contributed by atoms with Crippen molar-refractivity contribution in [2.45, 2.75) is 33.0 Å². The van der Waals surface area contributed by atoms with Gasteiger partial charge in [0.25, 0.3) is 0 Å². The molecule has 5 heteroatoms. The Balaban J connectivity index is 1.43. The van der Waals surface area contributed by atoms with Crippen LogP contribution in [0.3, 0.4) is 0 Å². The van der Waals surface area contributed by atoms with Crippen LogP contribution >= 0.6 is 15.9 Å². The van der Waals surface area contributed by atoms with Gasteiger partial charge in [-0.1, -0.05) is 107 Å².